The van der Waals surface area contributed by atoms with E-state index in [2.05, 4.69) is 16.8 Å². The zero-order valence-corrected chi connectivity index (χ0v) is 12.1. The van der Waals surface area contributed by atoms with Gasteiger partial charge in [0.1, 0.15) is 6.61 Å². The first-order valence-electron chi connectivity index (χ1n) is 5.54. The Morgan fingerprint density at radius 3 is 2.84 bits per heavy atom. The maximum atomic E-state index is 11.5. The van der Waals surface area contributed by atoms with Crippen LogP contribution in [0.2, 0.25) is 0 Å². The summed E-state index contributed by atoms with van der Waals surface area (Å²) >= 11 is 1.95. The first-order chi connectivity index (χ1) is 9.04. The first-order valence-corrected chi connectivity index (χ1v) is 6.62. The van der Waals surface area contributed by atoms with E-state index in [0.717, 1.165) is 5.69 Å². The van der Waals surface area contributed by atoms with E-state index >= 15 is 0 Å². The second kappa shape index (κ2) is 5.59. The summed E-state index contributed by atoms with van der Waals surface area (Å²) in [7, 11) is 0. The predicted octanol–water partition coefficient (Wildman–Crippen LogP) is 1.43. The van der Waals surface area contributed by atoms with Crippen molar-refractivity contribution in [2.45, 2.75) is 5.92 Å². The van der Waals surface area contributed by atoms with E-state index in [4.69, 9.17) is 9.84 Å². The number of H-pyrrole nitrogens is 1. The summed E-state index contributed by atoms with van der Waals surface area (Å²) in [5.41, 5.74) is 0.772. The Balaban J connectivity index is 1.95. The summed E-state index contributed by atoms with van der Waals surface area (Å²) in [6, 6.07) is 0. The van der Waals surface area contributed by atoms with Crippen molar-refractivity contribution in [2.24, 2.45) is 0 Å². The van der Waals surface area contributed by atoms with Crippen LogP contribution < -0.4 is 0 Å². The van der Waals surface area contributed by atoms with Crippen molar-refractivity contribution in [1.82, 2.24) is 15.1 Å². The molecule has 1 aliphatic heterocycles. The summed E-state index contributed by atoms with van der Waals surface area (Å²) in [5.74, 6) is -0.989. The number of carboxylic acid groups (broad SMARTS) is 1. The highest BCUT2D eigenvalue weighted by atomic mass is 127. The first kappa shape index (κ1) is 13.8. The molecule has 0 radical (unpaired) electrons. The number of halogens is 1. The molecule has 0 bridgehead atoms. The van der Waals surface area contributed by atoms with Gasteiger partial charge in [0.25, 0.3) is 0 Å². The van der Waals surface area contributed by atoms with Crippen LogP contribution in [0.5, 0.6) is 0 Å². The molecular weight excluding hydrogens is 365 g/mol. The average Bonchev–Trinajstić information content (AvgIpc) is 2.67. The monoisotopic (exact) mass is 377 g/mol. The fraction of sp³-hybridized carbons (Fsp3) is 0.364. The minimum Gasteiger partial charge on any atom is -0.476 e. The topological polar surface area (TPSA) is 95.5 Å². The zero-order valence-electron chi connectivity index (χ0n) is 9.93. The summed E-state index contributed by atoms with van der Waals surface area (Å²) in [6.07, 6.45) is 1.12. The van der Waals surface area contributed by atoms with E-state index in [1.54, 1.807) is 4.90 Å². The van der Waals surface area contributed by atoms with Gasteiger partial charge in [-0.15, -0.1) is 0 Å². The highest BCUT2D eigenvalue weighted by molar-refractivity contribution is 14.1. The van der Waals surface area contributed by atoms with Gasteiger partial charge >= 0.3 is 12.1 Å². The van der Waals surface area contributed by atoms with Crippen molar-refractivity contribution >= 4 is 34.7 Å². The molecule has 2 rings (SSSR count). The molecule has 1 saturated heterocycles. The second-order valence-corrected chi connectivity index (χ2v) is 5.15. The number of aromatic amines is 1. The molecule has 0 aliphatic carbocycles. The number of rotatable bonds is 4. The third kappa shape index (κ3) is 2.72. The van der Waals surface area contributed by atoms with Gasteiger partial charge in [0, 0.05) is 19.0 Å². The smallest absolute Gasteiger partial charge is 0.410 e. The second-order valence-electron chi connectivity index (χ2n) is 4.07. The number of hydrogen-bond acceptors (Lipinski definition) is 4. The van der Waals surface area contributed by atoms with Gasteiger partial charge in [-0.2, -0.15) is 5.10 Å². The van der Waals surface area contributed by atoms with E-state index in [1.165, 1.54) is 6.08 Å². The average molecular weight is 377 g/mol. The van der Waals surface area contributed by atoms with Gasteiger partial charge in [0.05, 0.1) is 9.26 Å². The van der Waals surface area contributed by atoms with E-state index in [1.807, 2.05) is 22.6 Å². The summed E-state index contributed by atoms with van der Waals surface area (Å²) in [6.45, 7) is 4.64. The summed E-state index contributed by atoms with van der Waals surface area (Å²) in [4.78, 5) is 23.9. The van der Waals surface area contributed by atoms with Crippen LogP contribution in [0.3, 0.4) is 0 Å². The Morgan fingerprint density at radius 1 is 1.63 bits per heavy atom. The van der Waals surface area contributed by atoms with Crippen molar-refractivity contribution < 1.29 is 19.4 Å². The lowest BCUT2D eigenvalue weighted by Gasteiger charge is -2.37. The van der Waals surface area contributed by atoms with Crippen LogP contribution in [-0.4, -0.2) is 52.0 Å². The minimum atomic E-state index is -1.06. The number of nitrogens with one attached hydrogen (secondary N) is 1. The molecule has 0 saturated carbocycles. The molecule has 1 aromatic heterocycles. The lowest BCUT2D eigenvalue weighted by atomic mass is 9.97. The molecule has 7 nitrogen and oxygen atoms in total. The number of hydrogen-bond donors (Lipinski definition) is 2. The lowest BCUT2D eigenvalue weighted by Crippen LogP contribution is -2.49. The number of aromatic carboxylic acids is 1. The third-order valence-corrected chi connectivity index (χ3v) is 3.90. The van der Waals surface area contributed by atoms with Crippen LogP contribution in [-0.2, 0) is 4.74 Å². The Labute approximate surface area is 122 Å². The maximum Gasteiger partial charge on any atom is 0.410 e. The quantitative estimate of drug-likeness (QED) is 0.612. The van der Waals surface area contributed by atoms with Crippen molar-refractivity contribution in [3.8, 4) is 0 Å². The molecule has 1 aliphatic rings. The highest BCUT2D eigenvalue weighted by Gasteiger charge is 2.36. The normalized spacial score (nSPS) is 14.9. The van der Waals surface area contributed by atoms with Gasteiger partial charge < -0.3 is 14.7 Å². The van der Waals surface area contributed by atoms with Gasteiger partial charge in [-0.05, 0) is 22.6 Å². The molecule has 1 aromatic rings. The Bertz CT molecular complexity index is 522. The number of amides is 1. The largest absolute Gasteiger partial charge is 0.476 e. The van der Waals surface area contributed by atoms with Gasteiger partial charge in [-0.3, -0.25) is 5.10 Å². The van der Waals surface area contributed by atoms with Crippen LogP contribution in [0.15, 0.2) is 12.7 Å². The van der Waals surface area contributed by atoms with E-state index in [9.17, 15) is 9.59 Å². The van der Waals surface area contributed by atoms with Crippen LogP contribution in [0, 0.1) is 3.57 Å². The molecule has 1 amide bonds. The van der Waals surface area contributed by atoms with E-state index in [-0.39, 0.29) is 24.3 Å². The predicted molar refractivity (Wildman–Crippen MR) is 74.1 cm³/mol. The number of carbonyl (C=O) groups is 2. The Hall–Kier alpha value is -1.58. The van der Waals surface area contributed by atoms with Crippen molar-refractivity contribution in [1.29, 1.82) is 0 Å². The van der Waals surface area contributed by atoms with Gasteiger partial charge in [-0.1, -0.05) is 12.7 Å². The number of carboxylic acids is 1. The number of ether oxygens (including phenoxy) is 1. The van der Waals surface area contributed by atoms with Crippen molar-refractivity contribution in [3.05, 3.63) is 27.6 Å². The lowest BCUT2D eigenvalue weighted by molar-refractivity contribution is 0.0687. The zero-order chi connectivity index (χ0) is 14.0. The minimum absolute atomic E-state index is 0.0169. The Kier molecular flexibility index (Phi) is 4.08. The molecule has 0 unspecified atom stereocenters. The molecule has 2 N–H and O–H groups in total. The number of nitrogens with zero attached hydrogens (tertiary/aromatic N) is 2. The molecule has 0 spiro atoms. The number of likely N-dealkylation sites (tertiary alicyclic amines) is 1. The molecule has 0 atom stereocenters. The van der Waals surface area contributed by atoms with Crippen LogP contribution in [0.4, 0.5) is 4.79 Å². The maximum absolute atomic E-state index is 11.5. The standard InChI is InChI=1S/C11H12IN3O4/c1-2-3-19-11(18)15-4-6(5-15)8-7(12)9(10(16)17)14-13-8/h2,6H,1,3-5H2,(H,13,14)(H,16,17). The van der Waals surface area contributed by atoms with Crippen LogP contribution >= 0.6 is 22.6 Å². The van der Waals surface area contributed by atoms with E-state index in [0.29, 0.717) is 16.7 Å². The van der Waals surface area contributed by atoms with Crippen molar-refractivity contribution in [3.63, 3.8) is 0 Å². The fourth-order valence-corrected chi connectivity index (χ4v) is 2.70. The van der Waals surface area contributed by atoms with Gasteiger partial charge in [-0.25, -0.2) is 9.59 Å². The molecule has 102 valence electrons. The molecule has 19 heavy (non-hydrogen) atoms. The number of aromatic nitrogens is 2. The summed E-state index contributed by atoms with van der Waals surface area (Å²) in [5, 5.41) is 15.4. The third-order valence-electron chi connectivity index (χ3n) is 2.81. The van der Waals surface area contributed by atoms with Crippen LogP contribution in [0.1, 0.15) is 22.1 Å². The molecule has 0 aromatic carbocycles. The van der Waals surface area contributed by atoms with Gasteiger partial charge in [0.2, 0.25) is 0 Å². The fourth-order valence-electron chi connectivity index (χ4n) is 1.79. The molecule has 8 heteroatoms. The Morgan fingerprint density at radius 2 is 2.32 bits per heavy atom. The molecular formula is C11H12IN3O4. The summed E-state index contributed by atoms with van der Waals surface area (Å²) < 4.78 is 5.49. The van der Waals surface area contributed by atoms with E-state index < -0.39 is 5.97 Å². The highest BCUT2D eigenvalue weighted by Crippen LogP contribution is 2.30. The van der Waals surface area contributed by atoms with Gasteiger partial charge in [0.15, 0.2) is 5.69 Å². The molecule has 1 fully saturated rings. The SMILES string of the molecule is C=CCOC(=O)N1CC(c2[nH]nc(C(=O)O)c2I)C1. The molecule has 2 heterocycles. The van der Waals surface area contributed by atoms with Crippen LogP contribution in [0.25, 0.3) is 0 Å². The van der Waals surface area contributed by atoms with Crippen molar-refractivity contribution in [2.75, 3.05) is 19.7 Å². The number of carbonyl (C=O) groups excluding carboxylic acids is 1.